The van der Waals surface area contributed by atoms with E-state index in [1.165, 1.54) is 33.4 Å². The second kappa shape index (κ2) is 7.16. The molecule has 140 valence electrons. The first-order valence-corrected chi connectivity index (χ1v) is 9.99. The number of fused-ring (bicyclic) bond motifs is 3. The van der Waals surface area contributed by atoms with Crippen LogP contribution in [-0.4, -0.2) is 0 Å². The first-order chi connectivity index (χ1) is 13.5. The highest BCUT2D eigenvalue weighted by Gasteiger charge is 2.35. The molecule has 1 nitrogen and oxygen atoms in total. The minimum Gasteiger partial charge on any atom is -0.356 e. The maximum atomic E-state index is 3.93. The number of benzene rings is 3. The lowest BCUT2D eigenvalue weighted by molar-refractivity contribution is 0.660. The average molecular weight is 366 g/mol. The number of nitrogens with one attached hydrogen (secondary N) is 1. The summed E-state index contributed by atoms with van der Waals surface area (Å²) < 4.78 is 0. The monoisotopic (exact) mass is 365 g/mol. The van der Waals surface area contributed by atoms with E-state index in [4.69, 9.17) is 0 Å². The molecule has 28 heavy (non-hydrogen) atoms. The van der Waals surface area contributed by atoms with Gasteiger partial charge in [0.1, 0.15) is 0 Å². The SMILES string of the molecule is C=C/C(=C\CC)c1ccc(Nc2ccc3c(c2)C(C)(C)c2ccccc2-3)cc1. The van der Waals surface area contributed by atoms with Crippen molar-refractivity contribution in [3.8, 4) is 11.1 Å². The molecule has 1 aliphatic rings. The van der Waals surface area contributed by atoms with E-state index in [0.29, 0.717) is 0 Å². The van der Waals surface area contributed by atoms with Crippen LogP contribution in [0.2, 0.25) is 0 Å². The van der Waals surface area contributed by atoms with Gasteiger partial charge in [-0.2, -0.15) is 0 Å². The second-order valence-corrected chi connectivity index (χ2v) is 7.91. The van der Waals surface area contributed by atoms with E-state index in [-0.39, 0.29) is 5.41 Å². The topological polar surface area (TPSA) is 12.0 Å². The molecule has 0 spiro atoms. The van der Waals surface area contributed by atoms with Gasteiger partial charge in [0.25, 0.3) is 0 Å². The Morgan fingerprint density at radius 1 is 0.893 bits per heavy atom. The van der Waals surface area contributed by atoms with Gasteiger partial charge in [-0.1, -0.05) is 82.0 Å². The van der Waals surface area contributed by atoms with Gasteiger partial charge in [-0.3, -0.25) is 0 Å². The first kappa shape index (κ1) is 18.3. The molecule has 0 amide bonds. The van der Waals surface area contributed by atoms with Crippen molar-refractivity contribution in [1.82, 2.24) is 0 Å². The molecule has 1 heteroatoms. The molecule has 1 N–H and O–H groups in total. The molecule has 4 rings (SSSR count). The van der Waals surface area contributed by atoms with Gasteiger partial charge in [0.15, 0.2) is 0 Å². The molecule has 0 bridgehead atoms. The van der Waals surface area contributed by atoms with Crippen LogP contribution in [0.25, 0.3) is 16.7 Å². The Morgan fingerprint density at radius 2 is 1.57 bits per heavy atom. The van der Waals surface area contributed by atoms with E-state index in [1.54, 1.807) is 0 Å². The highest BCUT2D eigenvalue weighted by atomic mass is 14.9. The van der Waals surface area contributed by atoms with Gasteiger partial charge in [-0.15, -0.1) is 0 Å². The molecule has 1 aliphatic carbocycles. The van der Waals surface area contributed by atoms with Crippen LogP contribution in [-0.2, 0) is 5.41 Å². The van der Waals surface area contributed by atoms with Crippen LogP contribution in [0, 0.1) is 0 Å². The van der Waals surface area contributed by atoms with Crippen molar-refractivity contribution < 1.29 is 0 Å². The van der Waals surface area contributed by atoms with E-state index < -0.39 is 0 Å². The molecule has 0 fully saturated rings. The first-order valence-electron chi connectivity index (χ1n) is 9.99. The van der Waals surface area contributed by atoms with Gasteiger partial charge in [0.2, 0.25) is 0 Å². The molecule has 3 aromatic carbocycles. The third-order valence-electron chi connectivity index (χ3n) is 5.73. The molecule has 0 aromatic heterocycles. The van der Waals surface area contributed by atoms with Crippen LogP contribution in [0.4, 0.5) is 11.4 Å². The molecule has 0 atom stereocenters. The lowest BCUT2D eigenvalue weighted by atomic mass is 9.82. The standard InChI is InChI=1S/C27H27N/c1-5-9-19(6-2)20-12-14-21(15-13-20)28-22-16-17-24-23-10-7-8-11-25(23)27(3,4)26(24)18-22/h6-18,28H,2,5H2,1,3-4H3/b19-9+. The summed E-state index contributed by atoms with van der Waals surface area (Å²) in [6, 6.07) is 24.0. The Kier molecular flexibility index (Phi) is 4.68. The zero-order valence-corrected chi connectivity index (χ0v) is 16.9. The Hall–Kier alpha value is -3.06. The van der Waals surface area contributed by atoms with Crippen LogP contribution < -0.4 is 5.32 Å². The van der Waals surface area contributed by atoms with Gasteiger partial charge in [0.05, 0.1) is 0 Å². The van der Waals surface area contributed by atoms with Gasteiger partial charge in [-0.25, -0.2) is 0 Å². The van der Waals surface area contributed by atoms with E-state index >= 15 is 0 Å². The molecule has 0 unspecified atom stereocenters. The highest BCUT2D eigenvalue weighted by molar-refractivity contribution is 5.83. The summed E-state index contributed by atoms with van der Waals surface area (Å²) in [7, 11) is 0. The number of hydrogen-bond acceptors (Lipinski definition) is 1. The van der Waals surface area contributed by atoms with Crippen LogP contribution in [0.1, 0.15) is 43.9 Å². The Balaban J connectivity index is 1.62. The quantitative estimate of drug-likeness (QED) is 0.456. The Bertz CT molecular complexity index is 1050. The third kappa shape index (κ3) is 3.07. The summed E-state index contributed by atoms with van der Waals surface area (Å²) in [6.45, 7) is 10.7. The molecule has 0 radical (unpaired) electrons. The number of anilines is 2. The van der Waals surface area contributed by atoms with E-state index in [9.17, 15) is 0 Å². The number of hydrogen-bond donors (Lipinski definition) is 1. The molecular weight excluding hydrogens is 338 g/mol. The van der Waals surface area contributed by atoms with E-state index in [1.807, 2.05) is 6.08 Å². The molecule has 0 saturated carbocycles. The Morgan fingerprint density at radius 3 is 2.29 bits per heavy atom. The Labute approximate surface area is 168 Å². The van der Waals surface area contributed by atoms with Gasteiger partial charge in [0, 0.05) is 16.8 Å². The van der Waals surface area contributed by atoms with Crippen molar-refractivity contribution >= 4 is 16.9 Å². The summed E-state index contributed by atoms with van der Waals surface area (Å²) in [5.41, 5.74) is 10.1. The third-order valence-corrected chi connectivity index (χ3v) is 5.73. The van der Waals surface area contributed by atoms with Crippen molar-refractivity contribution in [2.45, 2.75) is 32.6 Å². The summed E-state index contributed by atoms with van der Waals surface area (Å²) in [4.78, 5) is 0. The zero-order valence-electron chi connectivity index (χ0n) is 16.9. The predicted octanol–water partition coefficient (Wildman–Crippen LogP) is 7.72. The molecular formula is C27H27N. The maximum Gasteiger partial charge on any atom is 0.0387 e. The van der Waals surface area contributed by atoms with Crippen LogP contribution in [0.5, 0.6) is 0 Å². The molecule has 0 aliphatic heterocycles. The largest absolute Gasteiger partial charge is 0.356 e. The van der Waals surface area contributed by atoms with Crippen molar-refractivity contribution in [2.24, 2.45) is 0 Å². The van der Waals surface area contributed by atoms with Crippen LogP contribution in [0.3, 0.4) is 0 Å². The minimum atomic E-state index is 0.0251. The average Bonchev–Trinajstić information content (AvgIpc) is 2.94. The van der Waals surface area contributed by atoms with Crippen LogP contribution in [0.15, 0.2) is 85.5 Å². The molecule has 3 aromatic rings. The summed E-state index contributed by atoms with van der Waals surface area (Å²) >= 11 is 0. The molecule has 0 heterocycles. The number of allylic oxidation sites excluding steroid dienone is 3. The van der Waals surface area contributed by atoms with Gasteiger partial charge in [-0.05, 0) is 64.1 Å². The molecule has 0 saturated heterocycles. The smallest absolute Gasteiger partial charge is 0.0387 e. The minimum absolute atomic E-state index is 0.0251. The lowest BCUT2D eigenvalue weighted by Gasteiger charge is -2.22. The fourth-order valence-corrected chi connectivity index (χ4v) is 4.23. The predicted molar refractivity (Wildman–Crippen MR) is 122 cm³/mol. The fraction of sp³-hybridized carbons (Fsp3) is 0.185. The number of rotatable bonds is 5. The van der Waals surface area contributed by atoms with Crippen molar-refractivity contribution in [3.05, 3.63) is 102 Å². The summed E-state index contributed by atoms with van der Waals surface area (Å²) in [5, 5.41) is 3.57. The van der Waals surface area contributed by atoms with Crippen LogP contribution >= 0.6 is 0 Å². The van der Waals surface area contributed by atoms with E-state index in [0.717, 1.165) is 17.8 Å². The maximum absolute atomic E-state index is 3.93. The van der Waals surface area contributed by atoms with E-state index in [2.05, 4.69) is 105 Å². The zero-order chi connectivity index (χ0) is 19.7. The summed E-state index contributed by atoms with van der Waals surface area (Å²) in [5.74, 6) is 0. The van der Waals surface area contributed by atoms with Gasteiger partial charge >= 0.3 is 0 Å². The lowest BCUT2D eigenvalue weighted by Crippen LogP contribution is -2.15. The van der Waals surface area contributed by atoms with Crippen molar-refractivity contribution in [3.63, 3.8) is 0 Å². The van der Waals surface area contributed by atoms with Crippen molar-refractivity contribution in [1.29, 1.82) is 0 Å². The normalized spacial score (nSPS) is 14.3. The highest BCUT2D eigenvalue weighted by Crippen LogP contribution is 2.49. The van der Waals surface area contributed by atoms with Gasteiger partial charge < -0.3 is 5.32 Å². The van der Waals surface area contributed by atoms with Crippen molar-refractivity contribution in [2.75, 3.05) is 5.32 Å². The summed E-state index contributed by atoms with van der Waals surface area (Å²) in [6.07, 6.45) is 5.14. The second-order valence-electron chi connectivity index (χ2n) is 7.91. The fourth-order valence-electron chi connectivity index (χ4n) is 4.23.